The van der Waals surface area contributed by atoms with E-state index in [1.165, 1.54) is 24.3 Å². The number of benzene rings is 2. The van der Waals surface area contributed by atoms with Crippen LogP contribution in [0.25, 0.3) is 10.9 Å². The summed E-state index contributed by atoms with van der Waals surface area (Å²) in [5, 5.41) is 8.08. The molecule has 146 valence electrons. The number of aromatic nitrogens is 3. The van der Waals surface area contributed by atoms with E-state index in [0.717, 1.165) is 4.68 Å². The quantitative estimate of drug-likeness (QED) is 0.644. The van der Waals surface area contributed by atoms with E-state index in [1.54, 1.807) is 31.2 Å². The van der Waals surface area contributed by atoms with E-state index in [-0.39, 0.29) is 30.4 Å². The van der Waals surface area contributed by atoms with Gasteiger partial charge in [-0.3, -0.25) is 9.59 Å². The van der Waals surface area contributed by atoms with E-state index in [1.807, 2.05) is 0 Å². The zero-order valence-corrected chi connectivity index (χ0v) is 14.8. The summed E-state index contributed by atoms with van der Waals surface area (Å²) in [5.41, 5.74) is 0.728. The minimum atomic E-state index is -4.75. The van der Waals surface area contributed by atoms with Gasteiger partial charge in [-0.05, 0) is 35.7 Å². The molecule has 0 N–H and O–H groups in total. The van der Waals surface area contributed by atoms with Gasteiger partial charge in [-0.1, -0.05) is 36.4 Å². The molecule has 1 aromatic heterocycles. The zero-order chi connectivity index (χ0) is 20.3. The maximum atomic E-state index is 12.4. The Bertz CT molecular complexity index is 1050. The van der Waals surface area contributed by atoms with Crippen molar-refractivity contribution in [3.05, 3.63) is 64.4 Å². The number of halogens is 3. The summed E-state index contributed by atoms with van der Waals surface area (Å²) >= 11 is 0. The third kappa shape index (κ3) is 4.73. The van der Waals surface area contributed by atoms with Gasteiger partial charge in [-0.15, -0.1) is 18.3 Å². The van der Waals surface area contributed by atoms with Gasteiger partial charge in [0.15, 0.2) is 5.78 Å². The highest BCUT2D eigenvalue weighted by molar-refractivity contribution is 5.80. The Kier molecular flexibility index (Phi) is 5.43. The Hall–Kier alpha value is -3.23. The van der Waals surface area contributed by atoms with Gasteiger partial charge < -0.3 is 4.74 Å². The molecule has 0 fully saturated rings. The highest BCUT2D eigenvalue weighted by Crippen LogP contribution is 2.26. The van der Waals surface area contributed by atoms with Crippen molar-refractivity contribution in [3.63, 3.8) is 0 Å². The first-order chi connectivity index (χ1) is 13.2. The minimum Gasteiger partial charge on any atom is -0.406 e. The molecule has 0 saturated heterocycles. The lowest BCUT2D eigenvalue weighted by Crippen LogP contribution is -2.28. The van der Waals surface area contributed by atoms with Crippen molar-refractivity contribution in [2.24, 2.45) is 0 Å². The van der Waals surface area contributed by atoms with Crippen LogP contribution < -0.4 is 10.3 Å². The first-order valence-electron chi connectivity index (χ1n) is 8.43. The summed E-state index contributed by atoms with van der Waals surface area (Å²) in [6.45, 7) is 1.54. The first kappa shape index (κ1) is 19.5. The fourth-order valence-electron chi connectivity index (χ4n) is 2.82. The number of ketones is 1. The van der Waals surface area contributed by atoms with Crippen molar-refractivity contribution in [1.82, 2.24) is 15.0 Å². The Morgan fingerprint density at radius 1 is 1.14 bits per heavy atom. The lowest BCUT2D eigenvalue weighted by Gasteiger charge is -2.13. The minimum absolute atomic E-state index is 0.0976. The predicted molar refractivity (Wildman–Crippen MR) is 95.0 cm³/mol. The van der Waals surface area contributed by atoms with Crippen molar-refractivity contribution < 1.29 is 22.7 Å². The Morgan fingerprint density at radius 2 is 1.82 bits per heavy atom. The number of nitrogens with zero attached hydrogens (tertiary/aromatic N) is 3. The molecule has 0 aliphatic carbocycles. The number of fused-ring (bicyclic) bond motifs is 1. The molecule has 0 bridgehead atoms. The second-order valence-electron chi connectivity index (χ2n) is 6.33. The van der Waals surface area contributed by atoms with Gasteiger partial charge in [-0.2, -0.15) is 0 Å². The average Bonchev–Trinajstić information content (AvgIpc) is 2.63. The third-order valence-corrected chi connectivity index (χ3v) is 4.17. The van der Waals surface area contributed by atoms with Gasteiger partial charge in [0.25, 0.3) is 5.56 Å². The van der Waals surface area contributed by atoms with Gasteiger partial charge in [0.05, 0.1) is 5.39 Å². The molecule has 0 unspecified atom stereocenters. The molecular weight excluding hydrogens is 375 g/mol. The lowest BCUT2D eigenvalue weighted by molar-refractivity contribution is -0.274. The van der Waals surface area contributed by atoms with Crippen molar-refractivity contribution in [3.8, 4) is 5.75 Å². The van der Waals surface area contributed by atoms with Crippen LogP contribution in [0.4, 0.5) is 13.2 Å². The van der Waals surface area contributed by atoms with Gasteiger partial charge >= 0.3 is 6.36 Å². The topological polar surface area (TPSA) is 74.1 Å². The molecule has 0 radical (unpaired) electrons. The van der Waals surface area contributed by atoms with E-state index < -0.39 is 11.9 Å². The zero-order valence-electron chi connectivity index (χ0n) is 14.8. The van der Waals surface area contributed by atoms with Crippen LogP contribution in [0.2, 0.25) is 0 Å². The summed E-state index contributed by atoms with van der Waals surface area (Å²) in [5.74, 6) is -0.820. The molecule has 0 spiro atoms. The summed E-state index contributed by atoms with van der Waals surface area (Å²) in [4.78, 5) is 24.7. The molecule has 0 amide bonds. The van der Waals surface area contributed by atoms with Crippen molar-refractivity contribution in [2.75, 3.05) is 0 Å². The summed E-state index contributed by atoms with van der Waals surface area (Å²) in [7, 11) is 0. The molecule has 3 rings (SSSR count). The summed E-state index contributed by atoms with van der Waals surface area (Å²) in [6, 6.07) is 12.0. The van der Waals surface area contributed by atoms with Crippen LogP contribution in [0.3, 0.4) is 0 Å². The van der Waals surface area contributed by atoms with E-state index in [2.05, 4.69) is 15.0 Å². The molecule has 0 aliphatic heterocycles. The number of hydrogen-bond donors (Lipinski definition) is 0. The second-order valence-corrected chi connectivity index (χ2v) is 6.33. The smallest absolute Gasteiger partial charge is 0.406 e. The fraction of sp³-hybridized carbons (Fsp3) is 0.263. The average molecular weight is 391 g/mol. The van der Waals surface area contributed by atoms with Crippen LogP contribution in [0.15, 0.2) is 53.3 Å². The highest BCUT2D eigenvalue weighted by Gasteiger charge is 2.31. The predicted octanol–water partition coefficient (Wildman–Crippen LogP) is 3.45. The number of alkyl halides is 3. The van der Waals surface area contributed by atoms with Gasteiger partial charge in [-0.25, -0.2) is 4.68 Å². The fourth-order valence-corrected chi connectivity index (χ4v) is 2.82. The molecular formula is C19H16F3N3O3. The number of rotatable bonds is 6. The van der Waals surface area contributed by atoms with Crippen LogP contribution in [0, 0.1) is 0 Å². The monoisotopic (exact) mass is 391 g/mol. The van der Waals surface area contributed by atoms with E-state index >= 15 is 0 Å². The van der Waals surface area contributed by atoms with Gasteiger partial charge in [0.2, 0.25) is 0 Å². The molecule has 0 aliphatic rings. The first-order valence-corrected chi connectivity index (χ1v) is 8.43. The van der Waals surface area contributed by atoms with Crippen LogP contribution in [0.1, 0.15) is 24.8 Å². The van der Waals surface area contributed by atoms with Gasteiger partial charge in [0, 0.05) is 6.42 Å². The SMILES string of the molecule is C[C@H](CC(=O)Cn1nnc2ccccc2c1=O)c1ccc(OC(F)(F)F)cc1. The molecule has 3 aromatic rings. The Morgan fingerprint density at radius 3 is 2.50 bits per heavy atom. The molecule has 9 heteroatoms. The molecule has 6 nitrogen and oxygen atoms in total. The van der Waals surface area contributed by atoms with E-state index in [9.17, 15) is 22.8 Å². The van der Waals surface area contributed by atoms with Crippen molar-refractivity contribution >= 4 is 16.7 Å². The van der Waals surface area contributed by atoms with Crippen LogP contribution in [-0.4, -0.2) is 27.1 Å². The highest BCUT2D eigenvalue weighted by atomic mass is 19.4. The number of ether oxygens (including phenoxy) is 1. The molecule has 28 heavy (non-hydrogen) atoms. The lowest BCUT2D eigenvalue weighted by atomic mass is 9.95. The second kappa shape index (κ2) is 7.79. The molecule has 0 saturated carbocycles. The normalized spacial score (nSPS) is 12.7. The third-order valence-electron chi connectivity index (χ3n) is 4.17. The molecule has 2 aromatic carbocycles. The summed E-state index contributed by atoms with van der Waals surface area (Å²) < 4.78 is 41.4. The van der Waals surface area contributed by atoms with Gasteiger partial charge in [0.1, 0.15) is 17.8 Å². The van der Waals surface area contributed by atoms with E-state index in [4.69, 9.17) is 0 Å². The van der Waals surface area contributed by atoms with Crippen molar-refractivity contribution in [2.45, 2.75) is 32.2 Å². The number of carbonyl (C=O) groups is 1. The number of hydrogen-bond acceptors (Lipinski definition) is 5. The van der Waals surface area contributed by atoms with E-state index in [0.29, 0.717) is 16.5 Å². The summed E-state index contributed by atoms with van der Waals surface area (Å²) in [6.07, 6.45) is -4.66. The number of carbonyl (C=O) groups excluding carboxylic acids is 1. The maximum Gasteiger partial charge on any atom is 0.573 e. The Labute approximate surface area is 157 Å². The standard InChI is InChI=1S/C19H16F3N3O3/c1-12(13-6-8-15(9-7-13)28-19(20,21)22)10-14(26)11-25-18(27)16-4-2-3-5-17(16)23-24-25/h2-9,12H,10-11H2,1H3/t12-/m1/s1. The van der Waals surface area contributed by atoms with Crippen molar-refractivity contribution in [1.29, 1.82) is 0 Å². The molecule has 1 heterocycles. The number of Topliss-reactive ketones (excluding diaryl/α,β-unsaturated/α-hetero) is 1. The van der Waals surface area contributed by atoms with Crippen LogP contribution >= 0.6 is 0 Å². The molecule has 1 atom stereocenters. The Balaban J connectivity index is 1.66. The maximum absolute atomic E-state index is 12.4. The van der Waals surface area contributed by atoms with Crippen LogP contribution in [0.5, 0.6) is 5.75 Å². The van der Waals surface area contributed by atoms with Crippen LogP contribution in [-0.2, 0) is 11.3 Å². The largest absolute Gasteiger partial charge is 0.573 e.